The third kappa shape index (κ3) is 7.48. The lowest BCUT2D eigenvalue weighted by molar-refractivity contribution is 0.0409. The summed E-state index contributed by atoms with van der Waals surface area (Å²) in [6.07, 6.45) is 1.67. The van der Waals surface area contributed by atoms with Crippen molar-refractivity contribution < 1.29 is 9.84 Å². The molecular weight excluding hydrogens is 342 g/mol. The van der Waals surface area contributed by atoms with Crippen LogP contribution in [0.5, 0.6) is 0 Å². The van der Waals surface area contributed by atoms with Crippen molar-refractivity contribution in [1.29, 1.82) is 0 Å². The predicted molar refractivity (Wildman–Crippen MR) is 88.5 cm³/mol. The molecule has 0 spiro atoms. The van der Waals surface area contributed by atoms with Crippen LogP contribution in [-0.4, -0.2) is 31.0 Å². The average molecular weight is 365 g/mol. The van der Waals surface area contributed by atoms with Crippen LogP contribution in [-0.2, 0) is 4.74 Å². The molecule has 0 fully saturated rings. The molecule has 0 radical (unpaired) electrons. The molecule has 0 saturated carbocycles. The van der Waals surface area contributed by atoms with Gasteiger partial charge in [0.05, 0.1) is 12.7 Å². The van der Waals surface area contributed by atoms with Crippen molar-refractivity contribution in [1.82, 2.24) is 0 Å². The van der Waals surface area contributed by atoms with Crippen LogP contribution >= 0.6 is 27.5 Å². The van der Waals surface area contributed by atoms with Crippen molar-refractivity contribution >= 4 is 33.2 Å². The summed E-state index contributed by atoms with van der Waals surface area (Å²) in [5.74, 6) is 0.699. The van der Waals surface area contributed by atoms with Crippen molar-refractivity contribution in [2.75, 3.05) is 25.1 Å². The monoisotopic (exact) mass is 363 g/mol. The van der Waals surface area contributed by atoms with E-state index >= 15 is 0 Å². The summed E-state index contributed by atoms with van der Waals surface area (Å²) in [4.78, 5) is 0. The first-order valence-corrected chi connectivity index (χ1v) is 8.11. The Labute approximate surface area is 134 Å². The highest BCUT2D eigenvalue weighted by Crippen LogP contribution is 2.25. The van der Waals surface area contributed by atoms with E-state index in [2.05, 4.69) is 35.1 Å². The Bertz CT molecular complexity index is 401. The number of nitrogens with one attached hydrogen (secondary N) is 1. The number of hydrogen-bond donors (Lipinski definition) is 2. The van der Waals surface area contributed by atoms with Gasteiger partial charge >= 0.3 is 0 Å². The van der Waals surface area contributed by atoms with Gasteiger partial charge in [0.2, 0.25) is 0 Å². The zero-order valence-corrected chi connectivity index (χ0v) is 14.4. The van der Waals surface area contributed by atoms with Crippen molar-refractivity contribution in [3.8, 4) is 0 Å². The number of benzene rings is 1. The summed E-state index contributed by atoms with van der Waals surface area (Å²) in [6.45, 7) is 5.88. The van der Waals surface area contributed by atoms with Gasteiger partial charge in [-0.25, -0.2) is 0 Å². The summed E-state index contributed by atoms with van der Waals surface area (Å²) in [7, 11) is 0. The van der Waals surface area contributed by atoms with E-state index in [-0.39, 0.29) is 0 Å². The van der Waals surface area contributed by atoms with Gasteiger partial charge in [-0.1, -0.05) is 25.4 Å². The van der Waals surface area contributed by atoms with Crippen LogP contribution in [0.4, 0.5) is 5.69 Å². The standard InChI is InChI=1S/C15H23BrClNO2/c1-11(2)4-3-7-20-10-13(19)9-18-15-8-12(17)5-6-14(15)16/h5-6,8,11,13,18-19H,3-4,7,9-10H2,1-2H3. The second-order valence-corrected chi connectivity index (χ2v) is 6.56. The minimum atomic E-state index is -0.528. The fourth-order valence-electron chi connectivity index (χ4n) is 1.73. The quantitative estimate of drug-likeness (QED) is 0.641. The second-order valence-electron chi connectivity index (χ2n) is 5.27. The minimum absolute atomic E-state index is 0.350. The van der Waals surface area contributed by atoms with E-state index in [1.165, 1.54) is 0 Å². The molecule has 0 aromatic heterocycles. The number of hydrogen-bond acceptors (Lipinski definition) is 3. The Hall–Kier alpha value is -0.290. The van der Waals surface area contributed by atoms with Crippen molar-refractivity contribution in [3.05, 3.63) is 27.7 Å². The lowest BCUT2D eigenvalue weighted by Crippen LogP contribution is -2.25. The summed E-state index contributed by atoms with van der Waals surface area (Å²) in [6, 6.07) is 5.51. The van der Waals surface area contributed by atoms with Gasteiger partial charge in [-0.3, -0.25) is 0 Å². The molecule has 0 amide bonds. The molecule has 1 unspecified atom stereocenters. The minimum Gasteiger partial charge on any atom is -0.389 e. The molecule has 1 atom stereocenters. The molecule has 5 heteroatoms. The molecule has 0 aliphatic carbocycles. The van der Waals surface area contributed by atoms with E-state index in [9.17, 15) is 5.11 Å². The number of ether oxygens (including phenoxy) is 1. The number of halogens is 2. The molecule has 0 aliphatic heterocycles. The highest BCUT2D eigenvalue weighted by molar-refractivity contribution is 9.10. The van der Waals surface area contributed by atoms with Crippen LogP contribution in [0.1, 0.15) is 26.7 Å². The van der Waals surface area contributed by atoms with Gasteiger partial charge in [0.15, 0.2) is 0 Å². The van der Waals surface area contributed by atoms with Crippen LogP contribution in [0.25, 0.3) is 0 Å². The molecular formula is C15H23BrClNO2. The summed E-state index contributed by atoms with van der Waals surface area (Å²) < 4.78 is 6.38. The van der Waals surface area contributed by atoms with Gasteiger partial charge in [0.25, 0.3) is 0 Å². The van der Waals surface area contributed by atoms with Crippen LogP contribution in [0.15, 0.2) is 22.7 Å². The Kier molecular flexibility index (Phi) is 8.53. The van der Waals surface area contributed by atoms with E-state index in [1.54, 1.807) is 0 Å². The molecule has 114 valence electrons. The molecule has 1 aromatic carbocycles. The first-order chi connectivity index (χ1) is 9.49. The zero-order valence-electron chi connectivity index (χ0n) is 12.0. The van der Waals surface area contributed by atoms with Gasteiger partial charge in [-0.2, -0.15) is 0 Å². The molecule has 0 heterocycles. The average Bonchev–Trinajstić information content (AvgIpc) is 2.39. The number of aliphatic hydroxyl groups excluding tert-OH is 1. The fourth-order valence-corrected chi connectivity index (χ4v) is 2.29. The third-order valence-corrected chi connectivity index (χ3v) is 3.76. The Morgan fingerprint density at radius 1 is 1.40 bits per heavy atom. The van der Waals surface area contributed by atoms with E-state index in [1.807, 2.05) is 18.2 Å². The number of anilines is 1. The lowest BCUT2D eigenvalue weighted by Gasteiger charge is -2.14. The van der Waals surface area contributed by atoms with E-state index in [0.29, 0.717) is 30.7 Å². The smallest absolute Gasteiger partial charge is 0.0945 e. The van der Waals surface area contributed by atoms with Crippen molar-refractivity contribution in [2.24, 2.45) is 5.92 Å². The van der Waals surface area contributed by atoms with Crippen molar-refractivity contribution in [3.63, 3.8) is 0 Å². The van der Waals surface area contributed by atoms with Crippen LogP contribution in [0.3, 0.4) is 0 Å². The molecule has 0 saturated heterocycles. The lowest BCUT2D eigenvalue weighted by atomic mass is 10.1. The summed E-state index contributed by atoms with van der Waals surface area (Å²) in [5.41, 5.74) is 0.872. The van der Waals surface area contributed by atoms with Gasteiger partial charge in [-0.05, 0) is 52.9 Å². The highest BCUT2D eigenvalue weighted by Gasteiger charge is 2.06. The van der Waals surface area contributed by atoms with Crippen molar-refractivity contribution in [2.45, 2.75) is 32.8 Å². The van der Waals surface area contributed by atoms with Gasteiger partial charge in [0.1, 0.15) is 0 Å². The highest BCUT2D eigenvalue weighted by atomic mass is 79.9. The topological polar surface area (TPSA) is 41.5 Å². The van der Waals surface area contributed by atoms with Gasteiger partial charge < -0.3 is 15.2 Å². The first-order valence-electron chi connectivity index (χ1n) is 6.93. The van der Waals surface area contributed by atoms with Crippen LogP contribution in [0.2, 0.25) is 5.02 Å². The van der Waals surface area contributed by atoms with Crippen LogP contribution in [0, 0.1) is 5.92 Å². The van der Waals surface area contributed by atoms with Crippen LogP contribution < -0.4 is 5.32 Å². The molecule has 1 rings (SSSR count). The maximum atomic E-state index is 9.84. The van der Waals surface area contributed by atoms with E-state index < -0.39 is 6.10 Å². The summed E-state index contributed by atoms with van der Waals surface area (Å²) >= 11 is 9.36. The maximum Gasteiger partial charge on any atom is 0.0945 e. The molecule has 0 bridgehead atoms. The third-order valence-electron chi connectivity index (χ3n) is 2.84. The zero-order chi connectivity index (χ0) is 15.0. The largest absolute Gasteiger partial charge is 0.389 e. The Morgan fingerprint density at radius 3 is 2.85 bits per heavy atom. The normalized spacial score (nSPS) is 12.7. The number of aliphatic hydroxyl groups is 1. The fraction of sp³-hybridized carbons (Fsp3) is 0.600. The van der Waals surface area contributed by atoms with Gasteiger partial charge in [-0.15, -0.1) is 0 Å². The first kappa shape index (κ1) is 17.8. The number of rotatable bonds is 9. The molecule has 1 aromatic rings. The second kappa shape index (κ2) is 9.61. The molecule has 2 N–H and O–H groups in total. The van der Waals surface area contributed by atoms with E-state index in [0.717, 1.165) is 23.0 Å². The van der Waals surface area contributed by atoms with E-state index in [4.69, 9.17) is 16.3 Å². The Balaban J connectivity index is 2.19. The Morgan fingerprint density at radius 2 is 2.15 bits per heavy atom. The molecule has 0 aliphatic rings. The van der Waals surface area contributed by atoms with Gasteiger partial charge in [0, 0.05) is 28.3 Å². The SMILES string of the molecule is CC(C)CCCOCC(O)CNc1cc(Cl)ccc1Br. The predicted octanol–water partition coefficient (Wildman–Crippen LogP) is 4.33. The molecule has 3 nitrogen and oxygen atoms in total. The summed E-state index contributed by atoms with van der Waals surface area (Å²) in [5, 5.41) is 13.7. The molecule has 20 heavy (non-hydrogen) atoms. The maximum absolute atomic E-state index is 9.84.